The van der Waals surface area contributed by atoms with E-state index in [1.165, 1.54) is 18.2 Å². The van der Waals surface area contributed by atoms with Crippen molar-refractivity contribution < 1.29 is 13.9 Å². The summed E-state index contributed by atoms with van der Waals surface area (Å²) in [5.41, 5.74) is 0.359. The normalized spacial score (nSPS) is 14.5. The maximum Gasteiger partial charge on any atom is 0.227 e. The predicted molar refractivity (Wildman–Crippen MR) is 94.4 cm³/mol. The lowest BCUT2D eigenvalue weighted by molar-refractivity contribution is -0.120. The number of carbonyl (C=O) groups excluding carboxylic acids is 1. The average molecular weight is 351 g/mol. The first-order valence-corrected chi connectivity index (χ1v) is 7.76. The maximum atomic E-state index is 13.6. The van der Waals surface area contributed by atoms with Crippen molar-refractivity contribution in [2.75, 3.05) is 18.4 Å². The Morgan fingerprint density at radius 2 is 1.83 bits per heavy atom. The summed E-state index contributed by atoms with van der Waals surface area (Å²) < 4.78 is 19.3. The number of hydrogen-bond acceptors (Lipinski definition) is 3. The van der Waals surface area contributed by atoms with Crippen LogP contribution >= 0.6 is 12.4 Å². The van der Waals surface area contributed by atoms with Crippen molar-refractivity contribution in [3.05, 3.63) is 54.3 Å². The molecule has 0 saturated carbocycles. The third-order valence-electron chi connectivity index (χ3n) is 3.88. The van der Waals surface area contributed by atoms with Crippen molar-refractivity contribution in [3.8, 4) is 11.5 Å². The zero-order chi connectivity index (χ0) is 16.1. The smallest absolute Gasteiger partial charge is 0.227 e. The van der Waals surface area contributed by atoms with E-state index in [-0.39, 0.29) is 24.2 Å². The second-order valence-electron chi connectivity index (χ2n) is 5.57. The van der Waals surface area contributed by atoms with Crippen LogP contribution < -0.4 is 15.4 Å². The van der Waals surface area contributed by atoms with Gasteiger partial charge >= 0.3 is 0 Å². The van der Waals surface area contributed by atoms with Crippen molar-refractivity contribution in [2.24, 2.45) is 5.92 Å². The molecule has 2 aromatic carbocycles. The molecule has 128 valence electrons. The molecule has 6 heteroatoms. The Balaban J connectivity index is 0.00000208. The minimum atomic E-state index is -0.411. The molecule has 3 rings (SSSR count). The zero-order valence-electron chi connectivity index (χ0n) is 13.1. The van der Waals surface area contributed by atoms with Gasteiger partial charge < -0.3 is 15.4 Å². The number of ether oxygens (including phenoxy) is 1. The molecular weight excluding hydrogens is 331 g/mol. The topological polar surface area (TPSA) is 50.4 Å². The van der Waals surface area contributed by atoms with Gasteiger partial charge in [0.15, 0.2) is 5.75 Å². The number of halogens is 2. The summed E-state index contributed by atoms with van der Waals surface area (Å²) in [4.78, 5) is 12.4. The Hall–Kier alpha value is -2.11. The first kappa shape index (κ1) is 18.2. The molecule has 2 N–H and O–H groups in total. The van der Waals surface area contributed by atoms with E-state index in [4.69, 9.17) is 4.74 Å². The summed E-state index contributed by atoms with van der Waals surface area (Å²) in [6.45, 7) is 1.66. The minimum absolute atomic E-state index is 0. The highest BCUT2D eigenvalue weighted by molar-refractivity contribution is 5.94. The van der Waals surface area contributed by atoms with Gasteiger partial charge in [0.25, 0.3) is 0 Å². The van der Waals surface area contributed by atoms with Gasteiger partial charge in [0.2, 0.25) is 5.91 Å². The summed E-state index contributed by atoms with van der Waals surface area (Å²) >= 11 is 0. The van der Waals surface area contributed by atoms with Crippen LogP contribution in [0.25, 0.3) is 0 Å². The fourth-order valence-corrected chi connectivity index (χ4v) is 2.62. The number of anilines is 1. The highest BCUT2D eigenvalue weighted by atomic mass is 35.5. The zero-order valence-corrected chi connectivity index (χ0v) is 13.9. The lowest BCUT2D eigenvalue weighted by Gasteiger charge is -2.22. The molecule has 0 aliphatic carbocycles. The van der Waals surface area contributed by atoms with Gasteiger partial charge in [-0.1, -0.05) is 18.2 Å². The van der Waals surface area contributed by atoms with E-state index >= 15 is 0 Å². The Bertz CT molecular complexity index is 676. The second-order valence-corrected chi connectivity index (χ2v) is 5.57. The molecule has 24 heavy (non-hydrogen) atoms. The predicted octanol–water partition coefficient (Wildman–Crippen LogP) is 3.98. The van der Waals surface area contributed by atoms with Gasteiger partial charge in [0.05, 0.1) is 5.69 Å². The molecule has 1 amide bonds. The van der Waals surface area contributed by atoms with Crippen LogP contribution in [0.1, 0.15) is 12.8 Å². The van der Waals surface area contributed by atoms with E-state index in [2.05, 4.69) is 10.6 Å². The van der Waals surface area contributed by atoms with E-state index in [0.717, 1.165) is 25.9 Å². The molecule has 1 heterocycles. The van der Waals surface area contributed by atoms with Crippen molar-refractivity contribution in [3.63, 3.8) is 0 Å². The lowest BCUT2D eigenvalue weighted by atomic mass is 9.97. The number of benzene rings is 2. The summed E-state index contributed by atoms with van der Waals surface area (Å²) in [6, 6.07) is 13.3. The first-order chi connectivity index (χ1) is 11.2. The molecule has 1 fully saturated rings. The van der Waals surface area contributed by atoms with Crippen LogP contribution in [0.2, 0.25) is 0 Å². The molecule has 0 spiro atoms. The largest absolute Gasteiger partial charge is 0.455 e. The highest BCUT2D eigenvalue weighted by Gasteiger charge is 2.22. The monoisotopic (exact) mass is 350 g/mol. The Labute approximate surface area is 146 Å². The van der Waals surface area contributed by atoms with E-state index < -0.39 is 5.82 Å². The van der Waals surface area contributed by atoms with Crippen molar-refractivity contribution in [1.29, 1.82) is 0 Å². The Morgan fingerprint density at radius 1 is 1.12 bits per heavy atom. The summed E-state index contributed by atoms with van der Waals surface area (Å²) in [7, 11) is 0. The Morgan fingerprint density at radius 3 is 2.54 bits per heavy atom. The Kier molecular flexibility index (Phi) is 6.58. The van der Waals surface area contributed by atoms with Gasteiger partial charge in [-0.05, 0) is 50.2 Å². The summed E-state index contributed by atoms with van der Waals surface area (Å²) in [5, 5.41) is 6.03. The second kappa shape index (κ2) is 8.66. The van der Waals surface area contributed by atoms with Crippen LogP contribution in [-0.2, 0) is 4.79 Å². The van der Waals surface area contributed by atoms with Crippen LogP contribution in [0.4, 0.5) is 10.1 Å². The number of piperidine rings is 1. The van der Waals surface area contributed by atoms with Gasteiger partial charge in [-0.3, -0.25) is 4.79 Å². The van der Waals surface area contributed by atoms with E-state index in [0.29, 0.717) is 17.2 Å². The quantitative estimate of drug-likeness (QED) is 0.877. The number of para-hydroxylation sites is 1. The fourth-order valence-electron chi connectivity index (χ4n) is 2.62. The van der Waals surface area contributed by atoms with E-state index in [9.17, 15) is 9.18 Å². The number of rotatable bonds is 4. The standard InChI is InChI=1S/C18H19FN2O2.ClH/c19-14-6-7-17(23-15-4-2-1-3-5-15)16(12-14)21-18(22)13-8-10-20-11-9-13;/h1-7,12-13,20H,8-11H2,(H,21,22);1H. The van der Waals surface area contributed by atoms with Gasteiger partial charge in [-0.25, -0.2) is 4.39 Å². The lowest BCUT2D eigenvalue weighted by Crippen LogP contribution is -2.34. The third-order valence-corrected chi connectivity index (χ3v) is 3.88. The molecule has 0 atom stereocenters. The molecule has 0 bridgehead atoms. The fraction of sp³-hybridized carbons (Fsp3) is 0.278. The third kappa shape index (κ3) is 4.69. The molecule has 1 aliphatic heterocycles. The van der Waals surface area contributed by atoms with Crippen molar-refractivity contribution >= 4 is 24.0 Å². The minimum Gasteiger partial charge on any atom is -0.455 e. The average Bonchev–Trinajstić information content (AvgIpc) is 2.59. The SMILES string of the molecule is Cl.O=C(Nc1cc(F)ccc1Oc1ccccc1)C1CCNCC1. The van der Waals surface area contributed by atoms with Gasteiger partial charge in [0, 0.05) is 12.0 Å². The molecular formula is C18H20ClFN2O2. The summed E-state index contributed by atoms with van der Waals surface area (Å²) in [5.74, 6) is 0.515. The number of amides is 1. The van der Waals surface area contributed by atoms with Crippen LogP contribution in [0.5, 0.6) is 11.5 Å². The first-order valence-electron chi connectivity index (χ1n) is 7.76. The van der Waals surface area contributed by atoms with Crippen molar-refractivity contribution in [2.45, 2.75) is 12.8 Å². The molecule has 0 unspecified atom stereocenters. The number of nitrogens with one attached hydrogen (secondary N) is 2. The summed E-state index contributed by atoms with van der Waals surface area (Å²) in [6.07, 6.45) is 1.58. The van der Waals surface area contributed by atoms with Crippen molar-refractivity contribution in [1.82, 2.24) is 5.32 Å². The van der Waals surface area contributed by atoms with E-state index in [1.54, 1.807) is 0 Å². The van der Waals surface area contributed by atoms with Crippen LogP contribution in [0.15, 0.2) is 48.5 Å². The molecule has 4 nitrogen and oxygen atoms in total. The van der Waals surface area contributed by atoms with Crippen LogP contribution in [0, 0.1) is 11.7 Å². The molecule has 0 radical (unpaired) electrons. The van der Waals surface area contributed by atoms with E-state index in [1.807, 2.05) is 30.3 Å². The van der Waals surface area contributed by atoms with Gasteiger partial charge in [-0.15, -0.1) is 12.4 Å². The number of carbonyl (C=O) groups is 1. The molecule has 0 aromatic heterocycles. The van der Waals surface area contributed by atoms with Crippen LogP contribution in [-0.4, -0.2) is 19.0 Å². The van der Waals surface area contributed by atoms with Crippen LogP contribution in [0.3, 0.4) is 0 Å². The molecule has 1 saturated heterocycles. The van der Waals surface area contributed by atoms with Gasteiger partial charge in [0.1, 0.15) is 11.6 Å². The van der Waals surface area contributed by atoms with Gasteiger partial charge in [-0.2, -0.15) is 0 Å². The highest BCUT2D eigenvalue weighted by Crippen LogP contribution is 2.31. The molecule has 1 aliphatic rings. The number of hydrogen-bond donors (Lipinski definition) is 2. The molecule has 2 aromatic rings. The maximum absolute atomic E-state index is 13.6.